The zero-order chi connectivity index (χ0) is 44.2. The molecule has 0 bridgehead atoms. The second-order valence-corrected chi connectivity index (χ2v) is 18.6. The highest BCUT2D eigenvalue weighted by Gasteiger charge is 2.45. The van der Waals surface area contributed by atoms with E-state index in [9.17, 15) is 0 Å². The molecule has 0 radical (unpaired) electrons. The van der Waals surface area contributed by atoms with Crippen molar-refractivity contribution >= 4 is 89.4 Å². The lowest BCUT2D eigenvalue weighted by atomic mass is 9.41. The fraction of sp³-hybridized carbons (Fsp3) is 0.0794. The number of aromatic nitrogens is 1. The van der Waals surface area contributed by atoms with E-state index in [-0.39, 0.29) is 12.8 Å². The van der Waals surface area contributed by atoms with Crippen molar-refractivity contribution in [3.63, 3.8) is 0 Å². The fourth-order valence-electron chi connectivity index (χ4n) is 12.0. The molecular weight excluding hydrogens is 812 g/mol. The van der Waals surface area contributed by atoms with Gasteiger partial charge >= 0.3 is 6.85 Å². The molecule has 0 spiro atoms. The van der Waals surface area contributed by atoms with Gasteiger partial charge in [-0.25, -0.2) is 0 Å². The maximum Gasteiger partial charge on any atom is 0.329 e. The van der Waals surface area contributed by atoms with E-state index in [2.05, 4.69) is 229 Å². The molecule has 0 saturated heterocycles. The number of hydrogen-bond donors (Lipinski definition) is 0. The zero-order valence-corrected chi connectivity index (χ0v) is 37.3. The van der Waals surface area contributed by atoms with Crippen LogP contribution in [0, 0.1) is 0 Å². The van der Waals surface area contributed by atoms with Crippen molar-refractivity contribution < 1.29 is 4.42 Å². The van der Waals surface area contributed by atoms with Crippen molar-refractivity contribution in [1.82, 2.24) is 4.48 Å². The van der Waals surface area contributed by atoms with Crippen LogP contribution in [0.2, 0.25) is 0 Å². The molecule has 0 N–H and O–H groups in total. The number of rotatable bonds is 8. The van der Waals surface area contributed by atoms with Crippen molar-refractivity contribution in [3.8, 4) is 22.3 Å². The Morgan fingerprint density at radius 1 is 0.522 bits per heavy atom. The number of nitrogens with zero attached hydrogens (tertiary/aromatic N) is 2. The smallest absolute Gasteiger partial charge is 0.329 e. The second-order valence-electron chi connectivity index (χ2n) is 18.6. The number of para-hydroxylation sites is 4. The summed E-state index contributed by atoms with van der Waals surface area (Å²) in [7, 11) is 0. The van der Waals surface area contributed by atoms with E-state index in [1.807, 2.05) is 0 Å². The SMILES string of the molecule is CCCCc1ccc(C2c3cc(N(c4ccccc4)c4ccccc4)ccc3B3c4c(cc5oc6ccccc6c5c42)-c2cccc4c5cc6ccccc6cc5n3c24)c(-c2ccccc2)c1. The number of anilines is 3. The highest BCUT2D eigenvalue weighted by atomic mass is 16.3. The van der Waals surface area contributed by atoms with Crippen molar-refractivity contribution in [3.05, 3.63) is 235 Å². The Hall–Kier alpha value is -8.08. The van der Waals surface area contributed by atoms with Crippen LogP contribution in [-0.2, 0) is 6.42 Å². The van der Waals surface area contributed by atoms with Gasteiger partial charge in [0.05, 0.1) is 0 Å². The first kappa shape index (κ1) is 38.2. The molecule has 4 heteroatoms. The number of hydrogen-bond acceptors (Lipinski definition) is 2. The maximum atomic E-state index is 7.03. The van der Waals surface area contributed by atoms with E-state index >= 15 is 0 Å². The Morgan fingerprint density at radius 2 is 1.22 bits per heavy atom. The number of fused-ring (bicyclic) bond motifs is 12. The minimum absolute atomic E-state index is 0.106. The van der Waals surface area contributed by atoms with Crippen molar-refractivity contribution in [2.24, 2.45) is 0 Å². The van der Waals surface area contributed by atoms with Gasteiger partial charge in [0.2, 0.25) is 0 Å². The zero-order valence-electron chi connectivity index (χ0n) is 37.3. The Bertz CT molecular complexity index is 3890. The third kappa shape index (κ3) is 5.72. The molecule has 3 nitrogen and oxygen atoms in total. The topological polar surface area (TPSA) is 21.3 Å². The summed E-state index contributed by atoms with van der Waals surface area (Å²) in [6.45, 7) is 2.18. The lowest BCUT2D eigenvalue weighted by Gasteiger charge is -2.40. The average Bonchev–Trinajstić information content (AvgIpc) is 3.92. The Kier molecular flexibility index (Phi) is 8.55. The van der Waals surface area contributed by atoms with Gasteiger partial charge in [-0.2, -0.15) is 0 Å². The van der Waals surface area contributed by atoms with E-state index < -0.39 is 0 Å². The molecular formula is C63H45BN2O. The molecule has 2 aromatic heterocycles. The van der Waals surface area contributed by atoms with Gasteiger partial charge in [-0.3, -0.25) is 0 Å². The Balaban J connectivity index is 1.16. The third-order valence-corrected chi connectivity index (χ3v) is 14.8. The summed E-state index contributed by atoms with van der Waals surface area (Å²) in [6.07, 6.45) is 3.36. The first-order valence-electron chi connectivity index (χ1n) is 23.9. The fourth-order valence-corrected chi connectivity index (χ4v) is 12.0. The summed E-state index contributed by atoms with van der Waals surface area (Å²) in [5.41, 5.74) is 20.8. The minimum atomic E-state index is -0.142. The van der Waals surface area contributed by atoms with E-state index in [4.69, 9.17) is 4.42 Å². The van der Waals surface area contributed by atoms with Crippen LogP contribution in [0.25, 0.3) is 76.8 Å². The average molecular weight is 857 g/mol. The molecule has 0 fully saturated rings. The standard InChI is InChI=1S/C63H45BN2O/c1-2-3-18-40-31-33-47(51(35-40)41-19-7-4-8-20-41)59-54-38-46(65(44-23-9-5-10-24-44)45-25-11-6-12-26-45)32-34-55(54)64-62-53(39-58-60(61(59)62)50-27-15-16-30-57(50)67-58)49-29-17-28-48-52-36-42-21-13-14-22-43(42)37-56(52)66(64)63(48)49/h4-17,19-39,59H,2-3,18H2,1H3. The third-order valence-electron chi connectivity index (χ3n) is 14.8. The normalized spacial score (nSPS) is 13.7. The monoisotopic (exact) mass is 856 g/mol. The molecule has 0 saturated carbocycles. The molecule has 1 unspecified atom stereocenters. The van der Waals surface area contributed by atoms with Crippen LogP contribution in [0.1, 0.15) is 47.9 Å². The Labute approximate surface area is 390 Å². The molecule has 2 aliphatic heterocycles. The van der Waals surface area contributed by atoms with Crippen LogP contribution in [0.15, 0.2) is 217 Å². The number of unbranched alkanes of at least 4 members (excludes halogenated alkanes) is 1. The van der Waals surface area contributed by atoms with E-state index in [0.29, 0.717) is 0 Å². The first-order valence-corrected chi connectivity index (χ1v) is 23.9. The van der Waals surface area contributed by atoms with Gasteiger partial charge in [-0.1, -0.05) is 165 Å². The molecule has 10 aromatic carbocycles. The second kappa shape index (κ2) is 15.0. The van der Waals surface area contributed by atoms with Gasteiger partial charge in [0, 0.05) is 61.1 Å². The summed E-state index contributed by atoms with van der Waals surface area (Å²) in [6, 6.07) is 79.2. The molecule has 2 aliphatic rings. The van der Waals surface area contributed by atoms with Crippen molar-refractivity contribution in [1.29, 1.82) is 0 Å². The maximum absolute atomic E-state index is 7.03. The summed E-state index contributed by atoms with van der Waals surface area (Å²) < 4.78 is 9.74. The highest BCUT2D eigenvalue weighted by Crippen LogP contribution is 2.51. The molecule has 316 valence electrons. The van der Waals surface area contributed by atoms with Gasteiger partial charge in [-0.15, -0.1) is 0 Å². The van der Waals surface area contributed by atoms with Crippen LogP contribution in [0.5, 0.6) is 0 Å². The van der Waals surface area contributed by atoms with Crippen LogP contribution in [0.4, 0.5) is 17.1 Å². The lowest BCUT2D eigenvalue weighted by Crippen LogP contribution is -2.57. The summed E-state index contributed by atoms with van der Waals surface area (Å²) >= 11 is 0. The highest BCUT2D eigenvalue weighted by molar-refractivity contribution is 6.88. The quantitative estimate of drug-likeness (QED) is 0.142. The molecule has 67 heavy (non-hydrogen) atoms. The summed E-state index contributed by atoms with van der Waals surface area (Å²) in [5, 5.41) is 7.43. The predicted octanol–water partition coefficient (Wildman–Crippen LogP) is 15.5. The summed E-state index contributed by atoms with van der Waals surface area (Å²) in [4.78, 5) is 2.42. The lowest BCUT2D eigenvalue weighted by molar-refractivity contribution is 0.669. The van der Waals surface area contributed by atoms with Gasteiger partial charge in [0.15, 0.2) is 0 Å². The van der Waals surface area contributed by atoms with Crippen LogP contribution < -0.4 is 15.8 Å². The number of benzene rings is 10. The molecule has 0 amide bonds. The van der Waals surface area contributed by atoms with E-state index in [1.54, 1.807) is 0 Å². The van der Waals surface area contributed by atoms with Crippen molar-refractivity contribution in [2.75, 3.05) is 4.90 Å². The number of aryl methyl sites for hydroxylation is 1. The van der Waals surface area contributed by atoms with Crippen molar-refractivity contribution in [2.45, 2.75) is 32.1 Å². The van der Waals surface area contributed by atoms with Gasteiger partial charge in [-0.05, 0) is 134 Å². The van der Waals surface area contributed by atoms with Crippen LogP contribution >= 0.6 is 0 Å². The molecule has 1 atom stereocenters. The molecule has 12 aromatic rings. The molecule has 14 rings (SSSR count). The van der Waals surface area contributed by atoms with E-state index in [1.165, 1.54) is 93.4 Å². The Morgan fingerprint density at radius 3 is 2.00 bits per heavy atom. The minimum Gasteiger partial charge on any atom is -0.456 e. The number of furan rings is 1. The van der Waals surface area contributed by atoms with E-state index in [0.717, 1.165) is 52.9 Å². The first-order chi connectivity index (χ1) is 33.2. The molecule has 0 aliphatic carbocycles. The van der Waals surface area contributed by atoms with Gasteiger partial charge in [0.1, 0.15) is 11.2 Å². The van der Waals surface area contributed by atoms with Crippen LogP contribution in [-0.4, -0.2) is 11.3 Å². The summed E-state index contributed by atoms with van der Waals surface area (Å²) in [5.74, 6) is -0.142. The van der Waals surface area contributed by atoms with Crippen LogP contribution in [0.3, 0.4) is 0 Å². The molecule has 4 heterocycles. The predicted molar refractivity (Wildman–Crippen MR) is 283 cm³/mol. The van der Waals surface area contributed by atoms with Gasteiger partial charge < -0.3 is 13.8 Å². The largest absolute Gasteiger partial charge is 0.456 e. The van der Waals surface area contributed by atoms with Gasteiger partial charge in [0.25, 0.3) is 0 Å².